The number of H-pyrrole nitrogens is 1. The second kappa shape index (κ2) is 8.40. The molecular formula is C21H22FN5O3. The Kier molecular flexibility index (Phi) is 5.51. The topological polar surface area (TPSA) is 103 Å². The number of furan rings is 1. The van der Waals surface area contributed by atoms with Gasteiger partial charge in [-0.2, -0.15) is 0 Å². The number of hydrogen-bond acceptors (Lipinski definition) is 4. The van der Waals surface area contributed by atoms with Crippen LogP contribution in [0.1, 0.15) is 40.7 Å². The number of aromatic amines is 1. The van der Waals surface area contributed by atoms with Gasteiger partial charge in [0.25, 0.3) is 5.91 Å². The predicted molar refractivity (Wildman–Crippen MR) is 109 cm³/mol. The van der Waals surface area contributed by atoms with E-state index in [1.165, 1.54) is 30.5 Å². The average molecular weight is 411 g/mol. The summed E-state index contributed by atoms with van der Waals surface area (Å²) in [4.78, 5) is 34.2. The van der Waals surface area contributed by atoms with Crippen LogP contribution in [0.5, 0.6) is 0 Å². The minimum Gasteiger partial charge on any atom is -0.469 e. The largest absolute Gasteiger partial charge is 0.469 e. The van der Waals surface area contributed by atoms with Crippen LogP contribution in [-0.2, 0) is 0 Å². The summed E-state index contributed by atoms with van der Waals surface area (Å²) in [7, 11) is 0. The Bertz CT molecular complexity index is 1050. The van der Waals surface area contributed by atoms with Crippen LogP contribution in [0.25, 0.3) is 0 Å². The van der Waals surface area contributed by atoms with Crippen molar-refractivity contribution < 1.29 is 18.4 Å². The molecule has 4 rings (SSSR count). The Labute approximate surface area is 172 Å². The molecule has 1 saturated heterocycles. The number of carbonyl (C=O) groups is 2. The molecule has 1 atom stereocenters. The van der Waals surface area contributed by atoms with Crippen LogP contribution >= 0.6 is 0 Å². The van der Waals surface area contributed by atoms with E-state index in [4.69, 9.17) is 4.42 Å². The molecule has 156 valence electrons. The number of amides is 3. The molecule has 3 aromatic rings. The zero-order chi connectivity index (χ0) is 21.1. The number of likely N-dealkylation sites (tertiary alicyclic amines) is 1. The van der Waals surface area contributed by atoms with Gasteiger partial charge in [-0.3, -0.25) is 4.79 Å². The maximum absolute atomic E-state index is 14.2. The third-order valence-electron chi connectivity index (χ3n) is 5.18. The number of nitrogens with one attached hydrogen (secondary N) is 3. The first-order valence-corrected chi connectivity index (χ1v) is 9.71. The van der Waals surface area contributed by atoms with Crippen molar-refractivity contribution in [3.63, 3.8) is 0 Å². The number of carbonyl (C=O) groups excluding carboxylic acids is 2. The molecule has 30 heavy (non-hydrogen) atoms. The molecule has 1 aliphatic heterocycles. The first-order chi connectivity index (χ1) is 14.5. The van der Waals surface area contributed by atoms with E-state index in [1.54, 1.807) is 24.2 Å². The number of aryl methyl sites for hydroxylation is 1. The van der Waals surface area contributed by atoms with E-state index < -0.39 is 11.7 Å². The standard InChI is InChI=1S/C21H22FN5O3/c1-13-16(6-10-30-13)20(28)26-18-11-15(4-5-17(18)22)25-21(29)27-9-2-3-14(12-27)19-23-7-8-24-19/h4-8,10-11,14H,2-3,9,12H2,1H3,(H,23,24)(H,25,29)(H,26,28). The van der Waals surface area contributed by atoms with E-state index in [1.807, 2.05) is 0 Å². The van der Waals surface area contributed by atoms with Crippen molar-refractivity contribution >= 4 is 23.3 Å². The highest BCUT2D eigenvalue weighted by Gasteiger charge is 2.26. The van der Waals surface area contributed by atoms with Gasteiger partial charge < -0.3 is 24.9 Å². The van der Waals surface area contributed by atoms with E-state index >= 15 is 0 Å². The first-order valence-electron chi connectivity index (χ1n) is 9.71. The lowest BCUT2D eigenvalue weighted by Gasteiger charge is -2.31. The number of benzene rings is 1. The molecule has 3 N–H and O–H groups in total. The van der Waals surface area contributed by atoms with Crippen molar-refractivity contribution in [3.8, 4) is 0 Å². The molecule has 0 saturated carbocycles. The number of halogens is 1. The highest BCUT2D eigenvalue weighted by molar-refractivity contribution is 6.05. The van der Waals surface area contributed by atoms with Crippen LogP contribution < -0.4 is 10.6 Å². The molecule has 0 spiro atoms. The number of imidazole rings is 1. The lowest BCUT2D eigenvalue weighted by Crippen LogP contribution is -2.41. The molecule has 0 radical (unpaired) electrons. The number of urea groups is 1. The number of anilines is 2. The first kappa shape index (κ1) is 19.7. The van der Waals surface area contributed by atoms with Gasteiger partial charge in [-0.25, -0.2) is 14.2 Å². The number of hydrogen-bond donors (Lipinski definition) is 3. The predicted octanol–water partition coefficient (Wildman–Crippen LogP) is 4.11. The van der Waals surface area contributed by atoms with E-state index in [9.17, 15) is 14.0 Å². The van der Waals surface area contributed by atoms with Gasteiger partial charge in [-0.05, 0) is 44.0 Å². The molecular weight excluding hydrogens is 389 g/mol. The lowest BCUT2D eigenvalue weighted by molar-refractivity contribution is 0.102. The summed E-state index contributed by atoms with van der Waals surface area (Å²) in [5, 5.41) is 5.31. The maximum Gasteiger partial charge on any atom is 0.321 e. The van der Waals surface area contributed by atoms with E-state index in [0.717, 1.165) is 18.7 Å². The van der Waals surface area contributed by atoms with Crippen LogP contribution in [0.3, 0.4) is 0 Å². The number of piperidine rings is 1. The van der Waals surface area contributed by atoms with Crippen LogP contribution in [0.15, 0.2) is 47.3 Å². The number of aromatic nitrogens is 2. The normalized spacial score (nSPS) is 16.3. The van der Waals surface area contributed by atoms with Crippen LogP contribution in [-0.4, -0.2) is 39.9 Å². The Hall–Kier alpha value is -3.62. The van der Waals surface area contributed by atoms with Gasteiger partial charge in [0.05, 0.1) is 17.5 Å². The molecule has 2 aromatic heterocycles. The Morgan fingerprint density at radius 1 is 1.30 bits per heavy atom. The van der Waals surface area contributed by atoms with Crippen molar-refractivity contribution in [1.82, 2.24) is 14.9 Å². The lowest BCUT2D eigenvalue weighted by atomic mass is 9.98. The van der Waals surface area contributed by atoms with Crippen molar-refractivity contribution in [2.75, 3.05) is 23.7 Å². The van der Waals surface area contributed by atoms with E-state index in [0.29, 0.717) is 30.1 Å². The van der Waals surface area contributed by atoms with Gasteiger partial charge in [0.15, 0.2) is 0 Å². The summed E-state index contributed by atoms with van der Waals surface area (Å²) in [6.07, 6.45) is 6.69. The molecule has 1 fully saturated rings. The molecule has 1 unspecified atom stereocenters. The minimum atomic E-state index is -0.599. The highest BCUT2D eigenvalue weighted by atomic mass is 19.1. The van der Waals surface area contributed by atoms with Gasteiger partial charge >= 0.3 is 6.03 Å². The van der Waals surface area contributed by atoms with Gasteiger partial charge in [-0.15, -0.1) is 0 Å². The van der Waals surface area contributed by atoms with Crippen LogP contribution in [0.4, 0.5) is 20.6 Å². The molecule has 1 aliphatic rings. The van der Waals surface area contributed by atoms with Crippen LogP contribution in [0.2, 0.25) is 0 Å². The van der Waals surface area contributed by atoms with E-state index in [-0.39, 0.29) is 17.6 Å². The molecule has 3 amide bonds. The van der Waals surface area contributed by atoms with Gasteiger partial charge in [0, 0.05) is 37.1 Å². The summed E-state index contributed by atoms with van der Waals surface area (Å²) in [5.74, 6) is 0.377. The SMILES string of the molecule is Cc1occc1C(=O)Nc1cc(NC(=O)N2CCCC(c3ncc[nH]3)C2)ccc1F. The van der Waals surface area contributed by atoms with Crippen molar-refractivity contribution in [1.29, 1.82) is 0 Å². The van der Waals surface area contributed by atoms with Gasteiger partial charge in [0.1, 0.15) is 17.4 Å². The molecule has 8 nitrogen and oxygen atoms in total. The fourth-order valence-corrected chi connectivity index (χ4v) is 3.60. The smallest absolute Gasteiger partial charge is 0.321 e. The van der Waals surface area contributed by atoms with Gasteiger partial charge in [0.2, 0.25) is 0 Å². The molecule has 1 aromatic carbocycles. The average Bonchev–Trinajstić information content (AvgIpc) is 3.42. The zero-order valence-electron chi connectivity index (χ0n) is 16.4. The summed E-state index contributed by atoms with van der Waals surface area (Å²) in [6, 6.07) is 5.30. The molecule has 0 bridgehead atoms. The van der Waals surface area contributed by atoms with Crippen LogP contribution in [0, 0.1) is 12.7 Å². The summed E-state index contributed by atoms with van der Waals surface area (Å²) in [6.45, 7) is 2.83. The quantitative estimate of drug-likeness (QED) is 0.601. The van der Waals surface area contributed by atoms with Crippen molar-refractivity contribution in [3.05, 3.63) is 65.9 Å². The minimum absolute atomic E-state index is 0.0227. The highest BCUT2D eigenvalue weighted by Crippen LogP contribution is 2.26. The summed E-state index contributed by atoms with van der Waals surface area (Å²) in [5.41, 5.74) is 0.687. The molecule has 0 aliphatic carbocycles. The molecule has 3 heterocycles. The van der Waals surface area contributed by atoms with Crippen molar-refractivity contribution in [2.45, 2.75) is 25.7 Å². The third-order valence-corrected chi connectivity index (χ3v) is 5.18. The zero-order valence-corrected chi connectivity index (χ0v) is 16.4. The Morgan fingerprint density at radius 2 is 2.17 bits per heavy atom. The van der Waals surface area contributed by atoms with Crippen molar-refractivity contribution in [2.24, 2.45) is 0 Å². The Morgan fingerprint density at radius 3 is 2.90 bits per heavy atom. The third kappa shape index (κ3) is 4.19. The van der Waals surface area contributed by atoms with Gasteiger partial charge in [-0.1, -0.05) is 0 Å². The fourth-order valence-electron chi connectivity index (χ4n) is 3.60. The maximum atomic E-state index is 14.2. The number of rotatable bonds is 4. The monoisotopic (exact) mass is 411 g/mol. The number of nitrogens with zero attached hydrogens (tertiary/aromatic N) is 2. The second-order valence-electron chi connectivity index (χ2n) is 7.23. The molecule has 9 heteroatoms. The fraction of sp³-hybridized carbons (Fsp3) is 0.286. The Balaban J connectivity index is 1.43. The summed E-state index contributed by atoms with van der Waals surface area (Å²) >= 11 is 0. The van der Waals surface area contributed by atoms with E-state index in [2.05, 4.69) is 20.6 Å². The summed E-state index contributed by atoms with van der Waals surface area (Å²) < 4.78 is 19.3. The second-order valence-corrected chi connectivity index (χ2v) is 7.23.